The standard InChI is InChI=1S/C17H28N2O/c1-18-15-12-11-13-7-6-10-16(13)19(17(15)20)14-8-4-2-3-5-9-14/h2,4,13-16,18H,3,5-12H2,1H3. The lowest BCUT2D eigenvalue weighted by Gasteiger charge is -2.38. The van der Waals surface area contributed by atoms with Crippen LogP contribution >= 0.6 is 0 Å². The number of amides is 1. The number of rotatable bonds is 2. The van der Waals surface area contributed by atoms with Gasteiger partial charge < -0.3 is 10.2 Å². The summed E-state index contributed by atoms with van der Waals surface area (Å²) in [5.41, 5.74) is 0. The van der Waals surface area contributed by atoms with E-state index in [1.54, 1.807) is 0 Å². The van der Waals surface area contributed by atoms with E-state index in [0.29, 0.717) is 18.0 Å². The van der Waals surface area contributed by atoms with Crippen molar-refractivity contribution in [2.45, 2.75) is 75.9 Å². The Morgan fingerprint density at radius 3 is 2.85 bits per heavy atom. The van der Waals surface area contributed by atoms with Crippen LogP contribution < -0.4 is 5.32 Å². The molecule has 4 atom stereocenters. The molecule has 0 spiro atoms. The molecule has 1 saturated carbocycles. The minimum atomic E-state index is 0.0489. The van der Waals surface area contributed by atoms with Crippen molar-refractivity contribution in [2.75, 3.05) is 7.05 Å². The molecule has 1 saturated heterocycles. The molecule has 0 aromatic rings. The summed E-state index contributed by atoms with van der Waals surface area (Å²) >= 11 is 0. The van der Waals surface area contributed by atoms with Gasteiger partial charge in [0, 0.05) is 12.1 Å². The molecule has 1 heterocycles. The largest absolute Gasteiger partial charge is 0.335 e. The summed E-state index contributed by atoms with van der Waals surface area (Å²) in [6.07, 6.45) is 15.4. The third-order valence-electron chi connectivity index (χ3n) is 5.58. The van der Waals surface area contributed by atoms with E-state index in [1.807, 2.05) is 7.05 Å². The Morgan fingerprint density at radius 1 is 1.10 bits per heavy atom. The molecular formula is C17H28N2O. The Bertz CT molecular complexity index is 379. The topological polar surface area (TPSA) is 32.3 Å². The van der Waals surface area contributed by atoms with Crippen LogP contribution in [0.5, 0.6) is 0 Å². The molecule has 3 rings (SSSR count). The maximum absolute atomic E-state index is 13.0. The summed E-state index contributed by atoms with van der Waals surface area (Å²) in [5.74, 6) is 1.13. The van der Waals surface area contributed by atoms with Crippen LogP contribution in [-0.4, -0.2) is 36.0 Å². The average molecular weight is 276 g/mol. The first kappa shape index (κ1) is 14.1. The van der Waals surface area contributed by atoms with Gasteiger partial charge in [0.2, 0.25) is 5.91 Å². The lowest BCUT2D eigenvalue weighted by Crippen LogP contribution is -2.52. The molecule has 1 N–H and O–H groups in total. The molecule has 3 aliphatic rings. The molecule has 0 aromatic heterocycles. The number of fused-ring (bicyclic) bond motifs is 1. The number of likely N-dealkylation sites (tertiary alicyclic amines) is 1. The summed E-state index contributed by atoms with van der Waals surface area (Å²) in [4.78, 5) is 15.3. The third kappa shape index (κ3) is 2.65. The molecule has 1 aliphatic heterocycles. The Labute approximate surface area is 122 Å². The molecule has 2 fully saturated rings. The van der Waals surface area contributed by atoms with Gasteiger partial charge in [-0.3, -0.25) is 4.79 Å². The van der Waals surface area contributed by atoms with Crippen LogP contribution in [-0.2, 0) is 4.79 Å². The molecule has 2 aliphatic carbocycles. The molecule has 3 nitrogen and oxygen atoms in total. The van der Waals surface area contributed by atoms with Crippen molar-refractivity contribution >= 4 is 5.91 Å². The molecule has 0 radical (unpaired) electrons. The molecule has 4 unspecified atom stereocenters. The molecule has 20 heavy (non-hydrogen) atoms. The summed E-state index contributed by atoms with van der Waals surface area (Å²) in [5, 5.41) is 3.26. The highest BCUT2D eigenvalue weighted by atomic mass is 16.2. The second kappa shape index (κ2) is 6.30. The molecule has 112 valence electrons. The zero-order chi connectivity index (χ0) is 13.9. The van der Waals surface area contributed by atoms with E-state index in [2.05, 4.69) is 22.4 Å². The van der Waals surface area contributed by atoms with E-state index in [9.17, 15) is 4.79 Å². The van der Waals surface area contributed by atoms with Crippen LogP contribution in [0.25, 0.3) is 0 Å². The first-order chi connectivity index (χ1) is 9.81. The number of hydrogen-bond donors (Lipinski definition) is 1. The fourth-order valence-electron chi connectivity index (χ4n) is 4.50. The highest BCUT2D eigenvalue weighted by Crippen LogP contribution is 2.39. The SMILES string of the molecule is CNC1CCC2CCCC2N(C2CC=CCCC2)C1=O. The lowest BCUT2D eigenvalue weighted by molar-refractivity contribution is -0.138. The van der Waals surface area contributed by atoms with Crippen LogP contribution in [0.3, 0.4) is 0 Å². The van der Waals surface area contributed by atoms with Gasteiger partial charge in [-0.2, -0.15) is 0 Å². The molecule has 1 amide bonds. The maximum Gasteiger partial charge on any atom is 0.240 e. The van der Waals surface area contributed by atoms with Crippen LogP contribution in [0, 0.1) is 5.92 Å². The number of hydrogen-bond acceptors (Lipinski definition) is 2. The van der Waals surface area contributed by atoms with Crippen LogP contribution in [0.1, 0.15) is 57.8 Å². The van der Waals surface area contributed by atoms with Crippen molar-refractivity contribution in [3.8, 4) is 0 Å². The molecular weight excluding hydrogens is 248 g/mol. The number of nitrogens with one attached hydrogen (secondary N) is 1. The predicted octanol–water partition coefficient (Wildman–Crippen LogP) is 2.86. The fraction of sp³-hybridized carbons (Fsp3) is 0.824. The van der Waals surface area contributed by atoms with E-state index in [1.165, 1.54) is 44.9 Å². The van der Waals surface area contributed by atoms with E-state index >= 15 is 0 Å². The van der Waals surface area contributed by atoms with Crippen molar-refractivity contribution in [2.24, 2.45) is 5.92 Å². The summed E-state index contributed by atoms with van der Waals surface area (Å²) in [7, 11) is 1.94. The van der Waals surface area contributed by atoms with Gasteiger partial charge in [0.05, 0.1) is 6.04 Å². The third-order valence-corrected chi connectivity index (χ3v) is 5.58. The Kier molecular flexibility index (Phi) is 4.45. The second-order valence-electron chi connectivity index (χ2n) is 6.71. The Balaban J connectivity index is 1.85. The number of carbonyl (C=O) groups is 1. The highest BCUT2D eigenvalue weighted by molar-refractivity contribution is 5.83. The number of carbonyl (C=O) groups excluding carboxylic acids is 1. The van der Waals surface area contributed by atoms with Gasteiger partial charge in [-0.1, -0.05) is 18.6 Å². The van der Waals surface area contributed by atoms with Crippen LogP contribution in [0.4, 0.5) is 0 Å². The lowest BCUT2D eigenvalue weighted by atomic mass is 9.96. The first-order valence-electron chi connectivity index (χ1n) is 8.45. The molecule has 3 heteroatoms. The van der Waals surface area contributed by atoms with Gasteiger partial charge in [0.15, 0.2) is 0 Å². The highest BCUT2D eigenvalue weighted by Gasteiger charge is 2.42. The van der Waals surface area contributed by atoms with Gasteiger partial charge >= 0.3 is 0 Å². The Morgan fingerprint density at radius 2 is 2.00 bits per heavy atom. The smallest absolute Gasteiger partial charge is 0.240 e. The predicted molar refractivity (Wildman–Crippen MR) is 81.5 cm³/mol. The number of allylic oxidation sites excluding steroid dienone is 1. The average Bonchev–Trinajstić information content (AvgIpc) is 2.69. The summed E-state index contributed by atoms with van der Waals surface area (Å²) < 4.78 is 0. The zero-order valence-corrected chi connectivity index (χ0v) is 12.7. The first-order valence-corrected chi connectivity index (χ1v) is 8.45. The van der Waals surface area contributed by atoms with E-state index < -0.39 is 0 Å². The molecule has 0 bridgehead atoms. The normalized spacial score (nSPS) is 38.5. The van der Waals surface area contributed by atoms with E-state index in [4.69, 9.17) is 0 Å². The van der Waals surface area contributed by atoms with Crippen LogP contribution in [0.15, 0.2) is 12.2 Å². The zero-order valence-electron chi connectivity index (χ0n) is 12.7. The van der Waals surface area contributed by atoms with E-state index in [-0.39, 0.29) is 6.04 Å². The minimum absolute atomic E-state index is 0.0489. The summed E-state index contributed by atoms with van der Waals surface area (Å²) in [6.45, 7) is 0. The van der Waals surface area contributed by atoms with Crippen molar-refractivity contribution in [3.63, 3.8) is 0 Å². The van der Waals surface area contributed by atoms with Crippen LogP contribution in [0.2, 0.25) is 0 Å². The number of nitrogens with zero attached hydrogens (tertiary/aromatic N) is 1. The summed E-state index contributed by atoms with van der Waals surface area (Å²) in [6, 6.07) is 1.02. The monoisotopic (exact) mass is 276 g/mol. The van der Waals surface area contributed by atoms with Gasteiger partial charge in [-0.15, -0.1) is 0 Å². The van der Waals surface area contributed by atoms with E-state index in [0.717, 1.165) is 18.8 Å². The van der Waals surface area contributed by atoms with Crippen molar-refractivity contribution in [1.29, 1.82) is 0 Å². The van der Waals surface area contributed by atoms with Gasteiger partial charge in [0.1, 0.15) is 0 Å². The fourth-order valence-corrected chi connectivity index (χ4v) is 4.50. The minimum Gasteiger partial charge on any atom is -0.335 e. The van der Waals surface area contributed by atoms with Gasteiger partial charge in [0.25, 0.3) is 0 Å². The van der Waals surface area contributed by atoms with Gasteiger partial charge in [-0.25, -0.2) is 0 Å². The number of likely N-dealkylation sites (N-methyl/N-ethyl adjacent to an activating group) is 1. The second-order valence-corrected chi connectivity index (χ2v) is 6.71. The van der Waals surface area contributed by atoms with Crippen molar-refractivity contribution < 1.29 is 4.79 Å². The Hall–Kier alpha value is -0.830. The van der Waals surface area contributed by atoms with Crippen molar-refractivity contribution in [1.82, 2.24) is 10.2 Å². The maximum atomic E-state index is 13.0. The quantitative estimate of drug-likeness (QED) is 0.787. The molecule has 0 aromatic carbocycles. The van der Waals surface area contributed by atoms with Crippen molar-refractivity contribution in [3.05, 3.63) is 12.2 Å². The van der Waals surface area contributed by atoms with Gasteiger partial charge in [-0.05, 0) is 64.3 Å².